The van der Waals surface area contributed by atoms with E-state index >= 15 is 0 Å². The number of aliphatic hydroxyl groups is 2. The summed E-state index contributed by atoms with van der Waals surface area (Å²) < 4.78 is 1.77. The number of hydrogen-bond donors (Lipinski definition) is 2. The molecule has 5 heteroatoms. The van der Waals surface area contributed by atoms with E-state index in [1.54, 1.807) is 4.68 Å². The summed E-state index contributed by atoms with van der Waals surface area (Å²) in [6, 6.07) is 0. The van der Waals surface area contributed by atoms with E-state index in [0.29, 0.717) is 36.6 Å². The van der Waals surface area contributed by atoms with Crippen LogP contribution in [0.5, 0.6) is 0 Å². The van der Waals surface area contributed by atoms with E-state index in [-0.39, 0.29) is 19.0 Å². The average Bonchev–Trinajstić information content (AvgIpc) is 2.64. The smallest absolute Gasteiger partial charge is 0.166 e. The fourth-order valence-corrected chi connectivity index (χ4v) is 2.42. The van der Waals surface area contributed by atoms with Crippen molar-refractivity contribution in [3.8, 4) is 0 Å². The number of carbonyl (C=O) groups excluding carboxylic acids is 1. The molecule has 5 nitrogen and oxygen atoms in total. The highest BCUT2D eigenvalue weighted by atomic mass is 16.3. The van der Waals surface area contributed by atoms with Crippen molar-refractivity contribution in [1.82, 2.24) is 9.78 Å². The molecule has 0 fully saturated rings. The Labute approximate surface area is 100 Å². The molecular formula is C12H18N2O3. The standard InChI is InChI=1S/C12H18N2O3/c1-8-5-10-12(11(17)6-8)9(7-16)13-14(10)3-2-4-15/h8,15-16H,2-7H2,1H3/t8-/m0/s1. The Kier molecular flexibility index (Phi) is 3.59. The van der Waals surface area contributed by atoms with Crippen LogP contribution in [-0.4, -0.2) is 32.4 Å². The van der Waals surface area contributed by atoms with Gasteiger partial charge in [-0.1, -0.05) is 6.92 Å². The van der Waals surface area contributed by atoms with Gasteiger partial charge < -0.3 is 10.2 Å². The Hall–Kier alpha value is -1.20. The van der Waals surface area contributed by atoms with Crippen LogP contribution >= 0.6 is 0 Å². The van der Waals surface area contributed by atoms with Crippen LogP contribution < -0.4 is 0 Å². The summed E-state index contributed by atoms with van der Waals surface area (Å²) >= 11 is 0. The molecule has 94 valence electrons. The number of rotatable bonds is 4. The van der Waals surface area contributed by atoms with Crippen LogP contribution in [0, 0.1) is 5.92 Å². The van der Waals surface area contributed by atoms with E-state index in [0.717, 1.165) is 12.1 Å². The topological polar surface area (TPSA) is 75.3 Å². The Morgan fingerprint density at radius 3 is 2.82 bits per heavy atom. The minimum atomic E-state index is -0.200. The predicted molar refractivity (Wildman–Crippen MR) is 61.7 cm³/mol. The zero-order valence-corrected chi connectivity index (χ0v) is 10.0. The maximum atomic E-state index is 11.9. The van der Waals surface area contributed by atoms with Crippen molar-refractivity contribution in [2.24, 2.45) is 5.92 Å². The Morgan fingerprint density at radius 2 is 2.18 bits per heavy atom. The lowest BCUT2D eigenvalue weighted by atomic mass is 9.87. The number of aryl methyl sites for hydroxylation is 1. The number of fused-ring (bicyclic) bond motifs is 1. The lowest BCUT2D eigenvalue weighted by Crippen LogP contribution is -2.20. The number of ketones is 1. The summed E-state index contributed by atoms with van der Waals surface area (Å²) in [5.74, 6) is 0.407. The van der Waals surface area contributed by atoms with E-state index in [2.05, 4.69) is 5.10 Å². The first-order valence-corrected chi connectivity index (χ1v) is 6.00. The number of carbonyl (C=O) groups is 1. The van der Waals surface area contributed by atoms with Gasteiger partial charge in [0.15, 0.2) is 5.78 Å². The van der Waals surface area contributed by atoms with Gasteiger partial charge in [-0.25, -0.2) is 0 Å². The van der Waals surface area contributed by atoms with E-state index in [4.69, 9.17) is 5.11 Å². The summed E-state index contributed by atoms with van der Waals surface area (Å²) in [5, 5.41) is 22.3. The zero-order valence-electron chi connectivity index (χ0n) is 10.0. The van der Waals surface area contributed by atoms with Crippen molar-refractivity contribution in [3.63, 3.8) is 0 Å². The highest BCUT2D eigenvalue weighted by Gasteiger charge is 2.29. The lowest BCUT2D eigenvalue weighted by Gasteiger charge is -2.19. The Bertz CT molecular complexity index is 426. The predicted octanol–water partition coefficient (Wildman–Crippen LogP) is 0.523. The second kappa shape index (κ2) is 4.98. The number of hydrogen-bond acceptors (Lipinski definition) is 4. The first kappa shape index (κ1) is 12.3. The molecule has 2 N–H and O–H groups in total. The summed E-state index contributed by atoms with van der Waals surface area (Å²) in [6.07, 6.45) is 1.97. The van der Waals surface area contributed by atoms with Gasteiger partial charge in [-0.2, -0.15) is 5.10 Å². The van der Waals surface area contributed by atoms with Gasteiger partial charge in [0.05, 0.1) is 17.9 Å². The zero-order chi connectivity index (χ0) is 12.4. The second-order valence-electron chi connectivity index (χ2n) is 4.66. The first-order chi connectivity index (χ1) is 8.17. The summed E-state index contributed by atoms with van der Waals surface area (Å²) in [7, 11) is 0. The van der Waals surface area contributed by atoms with E-state index in [1.165, 1.54) is 0 Å². The molecule has 0 aliphatic heterocycles. The lowest BCUT2D eigenvalue weighted by molar-refractivity contribution is 0.0949. The molecule has 17 heavy (non-hydrogen) atoms. The maximum absolute atomic E-state index is 11.9. The van der Waals surface area contributed by atoms with Crippen LogP contribution in [0.4, 0.5) is 0 Å². The van der Waals surface area contributed by atoms with Crippen molar-refractivity contribution in [2.75, 3.05) is 6.61 Å². The summed E-state index contributed by atoms with van der Waals surface area (Å²) in [6.45, 7) is 2.54. The highest BCUT2D eigenvalue weighted by Crippen LogP contribution is 2.28. The first-order valence-electron chi connectivity index (χ1n) is 6.00. The van der Waals surface area contributed by atoms with Crippen molar-refractivity contribution in [2.45, 2.75) is 39.3 Å². The summed E-state index contributed by atoms with van der Waals surface area (Å²) in [5.41, 5.74) is 2.02. The van der Waals surface area contributed by atoms with Crippen LogP contribution in [-0.2, 0) is 19.6 Å². The molecule has 1 aliphatic carbocycles. The molecule has 1 aromatic rings. The van der Waals surface area contributed by atoms with Gasteiger partial charge in [0.2, 0.25) is 0 Å². The average molecular weight is 238 g/mol. The van der Waals surface area contributed by atoms with E-state index in [1.807, 2.05) is 6.92 Å². The van der Waals surface area contributed by atoms with Crippen molar-refractivity contribution in [3.05, 3.63) is 17.0 Å². The fourth-order valence-electron chi connectivity index (χ4n) is 2.42. The fraction of sp³-hybridized carbons (Fsp3) is 0.667. The van der Waals surface area contributed by atoms with Gasteiger partial charge in [0.1, 0.15) is 0 Å². The third-order valence-corrected chi connectivity index (χ3v) is 3.16. The molecule has 1 heterocycles. The molecule has 1 aliphatic rings. The van der Waals surface area contributed by atoms with Gasteiger partial charge in [0, 0.05) is 25.3 Å². The van der Waals surface area contributed by atoms with Crippen LogP contribution in [0.3, 0.4) is 0 Å². The molecule has 0 aromatic carbocycles. The van der Waals surface area contributed by atoms with Gasteiger partial charge in [-0.05, 0) is 18.8 Å². The van der Waals surface area contributed by atoms with Crippen LogP contribution in [0.1, 0.15) is 41.5 Å². The number of Topliss-reactive ketones (excluding diaryl/α,β-unsaturated/α-hetero) is 1. The van der Waals surface area contributed by atoms with Crippen LogP contribution in [0.25, 0.3) is 0 Å². The molecule has 1 atom stereocenters. The maximum Gasteiger partial charge on any atom is 0.166 e. The molecular weight excluding hydrogens is 220 g/mol. The molecule has 2 rings (SSSR count). The Balaban J connectivity index is 2.38. The molecule has 0 saturated heterocycles. The third kappa shape index (κ3) is 2.25. The minimum absolute atomic E-state index is 0.0815. The molecule has 1 aromatic heterocycles. The third-order valence-electron chi connectivity index (χ3n) is 3.16. The number of aromatic nitrogens is 2. The largest absolute Gasteiger partial charge is 0.396 e. The van der Waals surface area contributed by atoms with Gasteiger partial charge >= 0.3 is 0 Å². The van der Waals surface area contributed by atoms with Gasteiger partial charge in [0.25, 0.3) is 0 Å². The van der Waals surface area contributed by atoms with E-state index in [9.17, 15) is 9.90 Å². The molecule has 0 unspecified atom stereocenters. The van der Waals surface area contributed by atoms with Crippen LogP contribution in [0.15, 0.2) is 0 Å². The SMILES string of the molecule is C[C@@H]1CC(=O)c2c(CO)nn(CCCO)c2C1. The van der Waals surface area contributed by atoms with Crippen molar-refractivity contribution >= 4 is 5.78 Å². The van der Waals surface area contributed by atoms with Crippen molar-refractivity contribution in [1.29, 1.82) is 0 Å². The number of nitrogens with zero attached hydrogens (tertiary/aromatic N) is 2. The van der Waals surface area contributed by atoms with E-state index < -0.39 is 0 Å². The molecule has 0 spiro atoms. The van der Waals surface area contributed by atoms with Gasteiger partial charge in [-0.3, -0.25) is 9.48 Å². The normalized spacial score (nSPS) is 19.5. The Morgan fingerprint density at radius 1 is 1.41 bits per heavy atom. The summed E-state index contributed by atoms with van der Waals surface area (Å²) in [4.78, 5) is 11.9. The molecule has 0 radical (unpaired) electrons. The molecule has 0 bridgehead atoms. The monoisotopic (exact) mass is 238 g/mol. The van der Waals surface area contributed by atoms with Crippen molar-refractivity contribution < 1.29 is 15.0 Å². The molecule has 0 amide bonds. The quantitative estimate of drug-likeness (QED) is 0.802. The second-order valence-corrected chi connectivity index (χ2v) is 4.66. The molecule has 0 saturated carbocycles. The number of aliphatic hydroxyl groups excluding tert-OH is 2. The van der Waals surface area contributed by atoms with Crippen LogP contribution in [0.2, 0.25) is 0 Å². The highest BCUT2D eigenvalue weighted by molar-refractivity contribution is 5.99. The van der Waals surface area contributed by atoms with Gasteiger partial charge in [-0.15, -0.1) is 0 Å². The minimum Gasteiger partial charge on any atom is -0.396 e.